The fraction of sp³-hybridized carbons (Fsp3) is 0.500. The molecule has 0 amide bonds. The maximum atomic E-state index is 12.1. The number of nitrogens with zero attached hydrogens (tertiary/aromatic N) is 1. The summed E-state index contributed by atoms with van der Waals surface area (Å²) in [5, 5.41) is 9.11. The van der Waals surface area contributed by atoms with Crippen LogP contribution in [-0.4, -0.2) is 47.5 Å². The van der Waals surface area contributed by atoms with E-state index in [1.165, 1.54) is 0 Å². The van der Waals surface area contributed by atoms with E-state index >= 15 is 0 Å². The van der Waals surface area contributed by atoms with E-state index in [0.717, 1.165) is 18.7 Å². The smallest absolute Gasteiger partial charge is 0.320 e. The number of benzene rings is 1. The summed E-state index contributed by atoms with van der Waals surface area (Å²) < 4.78 is 5.34. The fourth-order valence-corrected chi connectivity index (χ4v) is 2.67. The van der Waals surface area contributed by atoms with E-state index in [9.17, 15) is 9.59 Å². The van der Waals surface area contributed by atoms with Crippen LogP contribution in [0.4, 0.5) is 0 Å². The molecule has 0 radical (unpaired) electrons. The highest BCUT2D eigenvalue weighted by molar-refractivity contribution is 5.96. The zero-order chi connectivity index (χ0) is 15.2. The number of rotatable bonds is 7. The minimum atomic E-state index is -0.791. The minimum absolute atomic E-state index is 0.0362. The van der Waals surface area contributed by atoms with Crippen LogP contribution < -0.4 is 4.74 Å². The number of carboxylic acids is 1. The lowest BCUT2D eigenvalue weighted by Gasteiger charge is -2.20. The van der Waals surface area contributed by atoms with Gasteiger partial charge in [-0.25, -0.2) is 0 Å². The van der Waals surface area contributed by atoms with Crippen molar-refractivity contribution in [1.29, 1.82) is 0 Å². The molecule has 21 heavy (non-hydrogen) atoms. The molecule has 0 aromatic heterocycles. The monoisotopic (exact) mass is 291 g/mol. The fourth-order valence-electron chi connectivity index (χ4n) is 2.67. The average molecular weight is 291 g/mol. The molecule has 5 nitrogen and oxygen atoms in total. The molecule has 2 rings (SSSR count). The second-order valence-corrected chi connectivity index (χ2v) is 5.16. The van der Waals surface area contributed by atoms with Crippen LogP contribution in [0.25, 0.3) is 0 Å². The van der Waals surface area contributed by atoms with Gasteiger partial charge in [0.25, 0.3) is 0 Å². The summed E-state index contributed by atoms with van der Waals surface area (Å²) in [5.41, 5.74) is 0.643. The Hall–Kier alpha value is -1.88. The maximum absolute atomic E-state index is 12.1. The van der Waals surface area contributed by atoms with E-state index in [1.54, 1.807) is 24.3 Å². The van der Waals surface area contributed by atoms with Gasteiger partial charge in [-0.05, 0) is 50.6 Å². The molecular weight excluding hydrogens is 270 g/mol. The number of carbonyl (C=O) groups is 2. The molecule has 114 valence electrons. The number of aliphatic carboxylic acids is 1. The third kappa shape index (κ3) is 4.04. The highest BCUT2D eigenvalue weighted by Gasteiger charge is 2.30. The number of likely N-dealkylation sites (tertiary alicyclic amines) is 1. The Morgan fingerprint density at radius 1 is 1.33 bits per heavy atom. The third-order valence-corrected chi connectivity index (χ3v) is 3.76. The van der Waals surface area contributed by atoms with Crippen LogP contribution >= 0.6 is 0 Å². The predicted molar refractivity (Wildman–Crippen MR) is 78.8 cm³/mol. The van der Waals surface area contributed by atoms with Gasteiger partial charge in [0.2, 0.25) is 0 Å². The van der Waals surface area contributed by atoms with E-state index < -0.39 is 12.0 Å². The largest absolute Gasteiger partial charge is 0.494 e. The van der Waals surface area contributed by atoms with Crippen LogP contribution in [0.1, 0.15) is 36.5 Å². The van der Waals surface area contributed by atoms with Gasteiger partial charge in [-0.1, -0.05) is 0 Å². The zero-order valence-electron chi connectivity index (χ0n) is 12.2. The Kier molecular flexibility index (Phi) is 5.33. The van der Waals surface area contributed by atoms with Crippen molar-refractivity contribution in [3.05, 3.63) is 29.8 Å². The van der Waals surface area contributed by atoms with Gasteiger partial charge in [0.1, 0.15) is 11.8 Å². The van der Waals surface area contributed by atoms with Gasteiger partial charge in [0.15, 0.2) is 5.78 Å². The molecule has 1 heterocycles. The normalized spacial score (nSPS) is 18.6. The van der Waals surface area contributed by atoms with Crippen LogP contribution in [0.2, 0.25) is 0 Å². The van der Waals surface area contributed by atoms with Crippen molar-refractivity contribution in [3.63, 3.8) is 0 Å². The van der Waals surface area contributed by atoms with Gasteiger partial charge < -0.3 is 9.84 Å². The quantitative estimate of drug-likeness (QED) is 0.780. The van der Waals surface area contributed by atoms with Gasteiger partial charge >= 0.3 is 5.97 Å². The third-order valence-electron chi connectivity index (χ3n) is 3.76. The summed E-state index contributed by atoms with van der Waals surface area (Å²) in [6.45, 7) is 3.77. The van der Waals surface area contributed by atoms with Crippen molar-refractivity contribution < 1.29 is 19.4 Å². The van der Waals surface area contributed by atoms with Crippen molar-refractivity contribution in [2.45, 2.75) is 32.2 Å². The second-order valence-electron chi connectivity index (χ2n) is 5.16. The lowest BCUT2D eigenvalue weighted by atomic mass is 10.1. The SMILES string of the molecule is CCOc1ccc(C(=O)CCN2CCCC2C(=O)O)cc1. The molecule has 0 bridgehead atoms. The van der Waals surface area contributed by atoms with Crippen LogP contribution in [0.3, 0.4) is 0 Å². The van der Waals surface area contributed by atoms with Crippen molar-refractivity contribution in [2.75, 3.05) is 19.7 Å². The summed E-state index contributed by atoms with van der Waals surface area (Å²) >= 11 is 0. The maximum Gasteiger partial charge on any atom is 0.320 e. The molecule has 0 aliphatic carbocycles. The molecule has 0 saturated carbocycles. The number of carbonyl (C=O) groups excluding carboxylic acids is 1. The molecule has 1 aliphatic rings. The van der Waals surface area contributed by atoms with Gasteiger partial charge in [0.05, 0.1) is 6.61 Å². The molecule has 5 heteroatoms. The first-order chi connectivity index (χ1) is 10.1. The van der Waals surface area contributed by atoms with E-state index in [-0.39, 0.29) is 5.78 Å². The van der Waals surface area contributed by atoms with Crippen LogP contribution in [-0.2, 0) is 4.79 Å². The summed E-state index contributed by atoms with van der Waals surface area (Å²) in [6, 6.07) is 6.65. The molecule has 1 atom stereocenters. The molecule has 1 saturated heterocycles. The molecule has 1 aliphatic heterocycles. The Balaban J connectivity index is 1.88. The van der Waals surface area contributed by atoms with Crippen molar-refractivity contribution in [1.82, 2.24) is 4.90 Å². The molecular formula is C16H21NO4. The lowest BCUT2D eigenvalue weighted by Crippen LogP contribution is -2.37. The summed E-state index contributed by atoms with van der Waals surface area (Å²) in [4.78, 5) is 25.1. The number of carboxylic acid groups (broad SMARTS) is 1. The topological polar surface area (TPSA) is 66.8 Å². The van der Waals surface area contributed by atoms with Gasteiger partial charge in [-0.15, -0.1) is 0 Å². The Bertz CT molecular complexity index is 498. The molecule has 1 fully saturated rings. The first kappa shape index (κ1) is 15.5. The van der Waals surface area contributed by atoms with Gasteiger partial charge in [0, 0.05) is 18.5 Å². The number of hydrogen-bond acceptors (Lipinski definition) is 4. The Morgan fingerprint density at radius 2 is 2.05 bits per heavy atom. The lowest BCUT2D eigenvalue weighted by molar-refractivity contribution is -0.142. The van der Waals surface area contributed by atoms with Crippen LogP contribution in [0, 0.1) is 0 Å². The second kappa shape index (κ2) is 7.22. The number of ether oxygens (including phenoxy) is 1. The predicted octanol–water partition coefficient (Wildman–Crippen LogP) is 2.21. The summed E-state index contributed by atoms with van der Waals surface area (Å²) in [6.07, 6.45) is 1.90. The Morgan fingerprint density at radius 3 is 2.67 bits per heavy atom. The van der Waals surface area contributed by atoms with Crippen molar-refractivity contribution in [2.24, 2.45) is 0 Å². The van der Waals surface area contributed by atoms with E-state index in [2.05, 4.69) is 0 Å². The van der Waals surface area contributed by atoms with E-state index in [1.807, 2.05) is 11.8 Å². The van der Waals surface area contributed by atoms with Gasteiger partial charge in [-0.3, -0.25) is 14.5 Å². The molecule has 1 aromatic carbocycles. The van der Waals surface area contributed by atoms with Gasteiger partial charge in [-0.2, -0.15) is 0 Å². The highest BCUT2D eigenvalue weighted by Crippen LogP contribution is 2.19. The molecule has 1 N–H and O–H groups in total. The first-order valence-electron chi connectivity index (χ1n) is 7.34. The molecule has 1 unspecified atom stereocenters. The Labute approximate surface area is 124 Å². The summed E-state index contributed by atoms with van der Waals surface area (Å²) in [7, 11) is 0. The molecule has 1 aromatic rings. The number of Topliss-reactive ketones (excluding diaryl/α,β-unsaturated/α-hetero) is 1. The number of hydrogen-bond donors (Lipinski definition) is 1. The highest BCUT2D eigenvalue weighted by atomic mass is 16.5. The first-order valence-corrected chi connectivity index (χ1v) is 7.34. The van der Waals surface area contributed by atoms with Crippen LogP contribution in [0.5, 0.6) is 5.75 Å². The van der Waals surface area contributed by atoms with Crippen molar-refractivity contribution in [3.8, 4) is 5.75 Å². The zero-order valence-corrected chi connectivity index (χ0v) is 12.2. The minimum Gasteiger partial charge on any atom is -0.494 e. The summed E-state index contributed by atoms with van der Waals surface area (Å²) in [5.74, 6) is -0.00497. The van der Waals surface area contributed by atoms with E-state index in [0.29, 0.717) is 31.6 Å². The molecule has 0 spiro atoms. The van der Waals surface area contributed by atoms with Crippen molar-refractivity contribution >= 4 is 11.8 Å². The average Bonchev–Trinajstić information content (AvgIpc) is 2.94. The number of ketones is 1. The van der Waals surface area contributed by atoms with Crippen LogP contribution in [0.15, 0.2) is 24.3 Å². The van der Waals surface area contributed by atoms with E-state index in [4.69, 9.17) is 9.84 Å². The standard InChI is InChI=1S/C16H21NO4/c1-2-21-13-7-5-12(6-8-13)15(18)9-11-17-10-3-4-14(17)16(19)20/h5-8,14H,2-4,9-11H2,1H3,(H,19,20).